The molecular weight excluding hydrogens is 152 g/mol. The first-order valence-electron chi connectivity index (χ1n) is 5.23. The molecule has 0 aromatic rings. The fourth-order valence-electron chi connectivity index (χ4n) is 3.41. The SMILES string of the molecule is C1CC2OC2C2CC3OC3CC12. The number of epoxide rings is 2. The Morgan fingerprint density at radius 2 is 1.75 bits per heavy atom. The minimum Gasteiger partial charge on any atom is -0.370 e. The lowest BCUT2D eigenvalue weighted by Crippen LogP contribution is -2.32. The van der Waals surface area contributed by atoms with E-state index >= 15 is 0 Å². The van der Waals surface area contributed by atoms with Crippen LogP contribution in [0.4, 0.5) is 0 Å². The summed E-state index contributed by atoms with van der Waals surface area (Å²) in [5.74, 6) is 1.81. The van der Waals surface area contributed by atoms with Gasteiger partial charge in [-0.25, -0.2) is 0 Å². The van der Waals surface area contributed by atoms with Crippen LogP contribution in [0.25, 0.3) is 0 Å². The van der Waals surface area contributed by atoms with Crippen LogP contribution in [0.15, 0.2) is 0 Å². The molecule has 0 bridgehead atoms. The molecule has 6 atom stereocenters. The molecule has 66 valence electrons. The summed E-state index contributed by atoms with van der Waals surface area (Å²) in [6.07, 6.45) is 7.95. The van der Waals surface area contributed by atoms with E-state index in [1.54, 1.807) is 0 Å². The fraction of sp³-hybridized carbons (Fsp3) is 1.00. The summed E-state index contributed by atoms with van der Waals surface area (Å²) >= 11 is 0. The molecule has 2 heteroatoms. The zero-order valence-corrected chi connectivity index (χ0v) is 7.11. The molecule has 2 aliphatic heterocycles. The molecule has 0 radical (unpaired) electrons. The minimum atomic E-state index is 0.634. The quantitative estimate of drug-likeness (QED) is 0.507. The van der Waals surface area contributed by atoms with Crippen LogP contribution in [-0.2, 0) is 9.47 Å². The number of fused-ring (bicyclic) bond motifs is 4. The van der Waals surface area contributed by atoms with Crippen LogP contribution in [0, 0.1) is 11.8 Å². The molecule has 0 spiro atoms. The topological polar surface area (TPSA) is 25.1 Å². The standard InChI is InChI=1S/C10H14O2/c1-2-7-10(12-7)6-4-9-8(11-9)3-5(1)6/h5-10H,1-4H2. The molecule has 2 aliphatic carbocycles. The Balaban J connectivity index is 1.61. The fourth-order valence-corrected chi connectivity index (χ4v) is 3.41. The van der Waals surface area contributed by atoms with E-state index in [-0.39, 0.29) is 0 Å². The van der Waals surface area contributed by atoms with Crippen LogP contribution in [0.1, 0.15) is 25.7 Å². The van der Waals surface area contributed by atoms with E-state index in [0.717, 1.165) is 11.8 Å². The summed E-state index contributed by atoms with van der Waals surface area (Å²) in [5.41, 5.74) is 0. The summed E-state index contributed by atoms with van der Waals surface area (Å²) < 4.78 is 11.2. The second-order valence-electron chi connectivity index (χ2n) is 4.82. The molecule has 2 saturated carbocycles. The lowest BCUT2D eigenvalue weighted by Gasteiger charge is -2.30. The van der Waals surface area contributed by atoms with Crippen LogP contribution in [0.5, 0.6) is 0 Å². The zero-order valence-electron chi connectivity index (χ0n) is 7.11. The molecule has 2 heterocycles. The monoisotopic (exact) mass is 166 g/mol. The maximum atomic E-state index is 5.66. The van der Waals surface area contributed by atoms with Gasteiger partial charge in [-0.3, -0.25) is 0 Å². The average molecular weight is 166 g/mol. The lowest BCUT2D eigenvalue weighted by molar-refractivity contribution is 0.196. The van der Waals surface area contributed by atoms with Crippen LogP contribution in [0.3, 0.4) is 0 Å². The van der Waals surface area contributed by atoms with Gasteiger partial charge >= 0.3 is 0 Å². The number of hydrogen-bond donors (Lipinski definition) is 0. The number of rotatable bonds is 0. The molecule has 2 saturated heterocycles. The largest absolute Gasteiger partial charge is 0.370 e. The Morgan fingerprint density at radius 1 is 0.833 bits per heavy atom. The minimum absolute atomic E-state index is 0.634. The van der Waals surface area contributed by atoms with Crippen molar-refractivity contribution in [2.75, 3.05) is 0 Å². The maximum Gasteiger partial charge on any atom is 0.0873 e. The lowest BCUT2D eigenvalue weighted by atomic mass is 9.71. The molecular formula is C10H14O2. The molecule has 4 rings (SSSR count). The van der Waals surface area contributed by atoms with E-state index in [0.29, 0.717) is 24.4 Å². The van der Waals surface area contributed by atoms with Gasteiger partial charge in [-0.1, -0.05) is 0 Å². The van der Waals surface area contributed by atoms with E-state index in [4.69, 9.17) is 9.47 Å². The van der Waals surface area contributed by atoms with E-state index in [9.17, 15) is 0 Å². The predicted molar refractivity (Wildman–Crippen MR) is 42.8 cm³/mol. The van der Waals surface area contributed by atoms with Gasteiger partial charge in [0.25, 0.3) is 0 Å². The van der Waals surface area contributed by atoms with Crippen molar-refractivity contribution in [3.63, 3.8) is 0 Å². The van der Waals surface area contributed by atoms with Crippen molar-refractivity contribution in [3.05, 3.63) is 0 Å². The highest BCUT2D eigenvalue weighted by atomic mass is 16.6. The van der Waals surface area contributed by atoms with Gasteiger partial charge in [0.05, 0.1) is 24.4 Å². The maximum absolute atomic E-state index is 5.66. The molecule has 4 aliphatic rings. The van der Waals surface area contributed by atoms with Gasteiger partial charge < -0.3 is 9.47 Å². The molecule has 0 amide bonds. The van der Waals surface area contributed by atoms with Gasteiger partial charge in [-0.15, -0.1) is 0 Å². The summed E-state index contributed by atoms with van der Waals surface area (Å²) in [6, 6.07) is 0. The summed E-state index contributed by atoms with van der Waals surface area (Å²) in [5, 5.41) is 0. The zero-order chi connectivity index (χ0) is 7.71. The van der Waals surface area contributed by atoms with Gasteiger partial charge in [0.2, 0.25) is 0 Å². The van der Waals surface area contributed by atoms with Crippen LogP contribution in [-0.4, -0.2) is 24.4 Å². The molecule has 2 nitrogen and oxygen atoms in total. The van der Waals surface area contributed by atoms with E-state index < -0.39 is 0 Å². The van der Waals surface area contributed by atoms with Crippen molar-refractivity contribution in [2.24, 2.45) is 11.8 Å². The van der Waals surface area contributed by atoms with E-state index in [1.165, 1.54) is 25.7 Å². The normalized spacial score (nSPS) is 66.0. The van der Waals surface area contributed by atoms with Crippen molar-refractivity contribution in [1.29, 1.82) is 0 Å². The van der Waals surface area contributed by atoms with Gasteiger partial charge in [0.1, 0.15) is 0 Å². The highest BCUT2D eigenvalue weighted by molar-refractivity contribution is 5.06. The van der Waals surface area contributed by atoms with Crippen molar-refractivity contribution >= 4 is 0 Å². The third-order valence-corrected chi connectivity index (χ3v) is 4.20. The van der Waals surface area contributed by atoms with Crippen LogP contribution < -0.4 is 0 Å². The Hall–Kier alpha value is -0.0800. The second kappa shape index (κ2) is 1.88. The average Bonchev–Trinajstić information content (AvgIpc) is 2.95. The Labute approximate surface area is 72.2 Å². The number of ether oxygens (including phenoxy) is 2. The second-order valence-corrected chi connectivity index (χ2v) is 4.82. The molecule has 12 heavy (non-hydrogen) atoms. The first-order chi connectivity index (χ1) is 5.92. The van der Waals surface area contributed by atoms with E-state index in [1.807, 2.05) is 0 Å². The predicted octanol–water partition coefficient (Wildman–Crippen LogP) is 1.34. The van der Waals surface area contributed by atoms with Crippen molar-refractivity contribution < 1.29 is 9.47 Å². The van der Waals surface area contributed by atoms with Gasteiger partial charge in [-0.05, 0) is 37.5 Å². The molecule has 0 aromatic heterocycles. The van der Waals surface area contributed by atoms with Crippen molar-refractivity contribution in [1.82, 2.24) is 0 Å². The first-order valence-corrected chi connectivity index (χ1v) is 5.23. The smallest absolute Gasteiger partial charge is 0.0873 e. The third kappa shape index (κ3) is 0.728. The summed E-state index contributed by atoms with van der Waals surface area (Å²) in [6.45, 7) is 0. The van der Waals surface area contributed by atoms with Crippen molar-refractivity contribution in [3.8, 4) is 0 Å². The van der Waals surface area contributed by atoms with Gasteiger partial charge in [0.15, 0.2) is 0 Å². The molecule has 0 aromatic carbocycles. The van der Waals surface area contributed by atoms with Crippen molar-refractivity contribution in [2.45, 2.75) is 50.1 Å². The number of hydrogen-bond acceptors (Lipinski definition) is 2. The third-order valence-electron chi connectivity index (χ3n) is 4.20. The molecule has 4 fully saturated rings. The summed E-state index contributed by atoms with van der Waals surface area (Å²) in [7, 11) is 0. The summed E-state index contributed by atoms with van der Waals surface area (Å²) in [4.78, 5) is 0. The van der Waals surface area contributed by atoms with Gasteiger partial charge in [0, 0.05) is 0 Å². The molecule has 0 N–H and O–H groups in total. The Bertz CT molecular complexity index is 228. The highest BCUT2D eigenvalue weighted by Gasteiger charge is 2.58. The molecule has 6 unspecified atom stereocenters. The first kappa shape index (κ1) is 6.39. The highest BCUT2D eigenvalue weighted by Crippen LogP contribution is 2.54. The van der Waals surface area contributed by atoms with Crippen LogP contribution >= 0.6 is 0 Å². The Kier molecular flexibility index (Phi) is 0.999. The van der Waals surface area contributed by atoms with E-state index in [2.05, 4.69) is 0 Å². The Morgan fingerprint density at radius 3 is 2.75 bits per heavy atom. The van der Waals surface area contributed by atoms with Crippen LogP contribution in [0.2, 0.25) is 0 Å². The van der Waals surface area contributed by atoms with Gasteiger partial charge in [-0.2, -0.15) is 0 Å².